The Morgan fingerprint density at radius 1 is 1.21 bits per heavy atom. The third-order valence-corrected chi connectivity index (χ3v) is 6.66. The predicted molar refractivity (Wildman–Crippen MR) is 124 cm³/mol. The van der Waals surface area contributed by atoms with Crippen LogP contribution in [0.5, 0.6) is 0 Å². The fraction of sp³-hybridized carbons (Fsp3) is 0.182. The predicted octanol–water partition coefficient (Wildman–Crippen LogP) is 3.24. The molecule has 4 rings (SSSR count). The second-order valence-electron chi connectivity index (χ2n) is 7.64. The Morgan fingerprint density at radius 3 is 2.56 bits per heavy atom. The molecule has 3 heterocycles. The molecule has 12 heteroatoms. The molecule has 0 bridgehead atoms. The highest BCUT2D eigenvalue weighted by Crippen LogP contribution is 2.33. The first-order chi connectivity index (χ1) is 16.2. The number of amides is 1. The van der Waals surface area contributed by atoms with Crippen LogP contribution < -0.4 is 10.9 Å². The number of aromatic nitrogens is 3. The van der Waals surface area contributed by atoms with Crippen molar-refractivity contribution >= 4 is 39.9 Å². The van der Waals surface area contributed by atoms with Crippen molar-refractivity contribution in [2.45, 2.75) is 25.8 Å². The van der Waals surface area contributed by atoms with E-state index in [1.54, 1.807) is 25.3 Å². The standard InChI is InChI=1S/C22H19N5O6S/c1-10(14-9-23-19-17(14)21(29)25-11(2)24-19)15-7-8-16(34-15)20(28)26-18(22(30)31)12-3-5-13(6-4-12)27(32)33/h3-10,18H,1-2H3,(H,26,28)(H,30,31)(H2,23,24,25,29). The second-order valence-corrected chi connectivity index (χ2v) is 8.75. The fourth-order valence-electron chi connectivity index (χ4n) is 3.66. The van der Waals surface area contributed by atoms with Gasteiger partial charge in [-0.3, -0.25) is 19.7 Å². The molecule has 11 nitrogen and oxygen atoms in total. The Bertz CT molecular complexity index is 1470. The monoisotopic (exact) mass is 481 g/mol. The van der Waals surface area contributed by atoms with Gasteiger partial charge < -0.3 is 20.4 Å². The first-order valence-electron chi connectivity index (χ1n) is 10.1. The van der Waals surface area contributed by atoms with E-state index in [1.165, 1.54) is 35.6 Å². The number of rotatable bonds is 7. The van der Waals surface area contributed by atoms with Gasteiger partial charge in [-0.15, -0.1) is 11.3 Å². The van der Waals surface area contributed by atoms with Gasteiger partial charge in [0.2, 0.25) is 0 Å². The Balaban J connectivity index is 1.56. The number of hydrogen-bond donors (Lipinski definition) is 4. The highest BCUT2D eigenvalue weighted by atomic mass is 32.1. The van der Waals surface area contributed by atoms with Crippen molar-refractivity contribution in [3.05, 3.63) is 89.8 Å². The van der Waals surface area contributed by atoms with Crippen molar-refractivity contribution in [3.63, 3.8) is 0 Å². The van der Waals surface area contributed by atoms with Crippen LogP contribution in [0.3, 0.4) is 0 Å². The van der Waals surface area contributed by atoms with Gasteiger partial charge in [-0.1, -0.05) is 6.92 Å². The van der Waals surface area contributed by atoms with E-state index in [9.17, 15) is 29.6 Å². The number of aliphatic carboxylic acids is 1. The van der Waals surface area contributed by atoms with Crippen LogP contribution in [-0.2, 0) is 4.79 Å². The maximum absolute atomic E-state index is 12.8. The minimum Gasteiger partial charge on any atom is -0.479 e. The topological polar surface area (TPSA) is 171 Å². The lowest BCUT2D eigenvalue weighted by molar-refractivity contribution is -0.384. The van der Waals surface area contributed by atoms with Crippen molar-refractivity contribution in [1.29, 1.82) is 0 Å². The number of carbonyl (C=O) groups is 2. The molecular formula is C22H19N5O6S. The molecule has 0 aliphatic carbocycles. The largest absolute Gasteiger partial charge is 0.479 e. The number of non-ortho nitro benzene ring substituents is 1. The SMILES string of the molecule is Cc1nc2[nH]cc(C(C)c3ccc(C(=O)NC(C(=O)O)c4ccc([N+](=O)[O-])cc4)s3)c2c(=O)[nH]1. The average molecular weight is 481 g/mol. The van der Waals surface area contributed by atoms with Crippen LogP contribution in [0.4, 0.5) is 5.69 Å². The number of fused-ring (bicyclic) bond motifs is 1. The summed E-state index contributed by atoms with van der Waals surface area (Å²) in [5, 5.41) is 23.3. The fourth-order valence-corrected chi connectivity index (χ4v) is 4.64. The zero-order valence-corrected chi connectivity index (χ0v) is 18.8. The summed E-state index contributed by atoms with van der Waals surface area (Å²) in [4.78, 5) is 58.3. The highest BCUT2D eigenvalue weighted by molar-refractivity contribution is 7.14. The van der Waals surface area contributed by atoms with E-state index in [4.69, 9.17) is 0 Å². The Hall–Kier alpha value is -4.32. The number of nitrogens with one attached hydrogen (secondary N) is 3. The number of aromatic amines is 2. The normalized spacial score (nSPS) is 12.9. The highest BCUT2D eigenvalue weighted by Gasteiger charge is 2.25. The van der Waals surface area contributed by atoms with Crippen LogP contribution in [0.25, 0.3) is 11.0 Å². The molecule has 0 fully saturated rings. The van der Waals surface area contributed by atoms with Crippen molar-refractivity contribution in [3.8, 4) is 0 Å². The van der Waals surface area contributed by atoms with Crippen molar-refractivity contribution < 1.29 is 19.6 Å². The van der Waals surface area contributed by atoms with Gasteiger partial charge in [0, 0.05) is 29.1 Å². The van der Waals surface area contributed by atoms with Gasteiger partial charge in [0.25, 0.3) is 17.2 Å². The smallest absolute Gasteiger partial charge is 0.330 e. The first-order valence-corrected chi connectivity index (χ1v) is 10.9. The van der Waals surface area contributed by atoms with Crippen LogP contribution in [0.1, 0.15) is 50.4 Å². The third kappa shape index (κ3) is 4.30. The molecular weight excluding hydrogens is 462 g/mol. The van der Waals surface area contributed by atoms with Gasteiger partial charge in [-0.2, -0.15) is 0 Å². The number of carboxylic acid groups (broad SMARTS) is 1. The van der Waals surface area contributed by atoms with Crippen molar-refractivity contribution in [2.24, 2.45) is 0 Å². The Morgan fingerprint density at radius 2 is 1.91 bits per heavy atom. The van der Waals surface area contributed by atoms with Crippen molar-refractivity contribution in [2.75, 3.05) is 0 Å². The minimum atomic E-state index is -1.38. The number of nitro groups is 1. The molecule has 34 heavy (non-hydrogen) atoms. The Labute approximate surface area is 195 Å². The molecule has 0 saturated carbocycles. The molecule has 0 aliphatic rings. The first kappa shape index (κ1) is 22.9. The number of benzene rings is 1. The number of nitrogens with zero attached hydrogens (tertiary/aromatic N) is 2. The van der Waals surface area contributed by atoms with Crippen LogP contribution in [0, 0.1) is 17.0 Å². The summed E-state index contributed by atoms with van der Waals surface area (Å²) in [6.45, 7) is 3.59. The van der Waals surface area contributed by atoms with Gasteiger partial charge in [-0.25, -0.2) is 9.78 Å². The zero-order chi connectivity index (χ0) is 24.6. The molecule has 0 saturated heterocycles. The molecule has 2 unspecified atom stereocenters. The van der Waals surface area contributed by atoms with E-state index in [-0.39, 0.29) is 27.6 Å². The van der Waals surface area contributed by atoms with Crippen LogP contribution >= 0.6 is 11.3 Å². The minimum absolute atomic E-state index is 0.183. The molecule has 0 aliphatic heterocycles. The van der Waals surface area contributed by atoms with E-state index in [2.05, 4.69) is 20.3 Å². The second kappa shape index (κ2) is 8.90. The number of carboxylic acids is 1. The van der Waals surface area contributed by atoms with Gasteiger partial charge in [0.15, 0.2) is 6.04 Å². The molecule has 4 aromatic rings. The van der Waals surface area contributed by atoms with Crippen molar-refractivity contribution in [1.82, 2.24) is 20.3 Å². The van der Waals surface area contributed by atoms with Gasteiger partial charge in [0.1, 0.15) is 11.5 Å². The number of aryl methyl sites for hydroxylation is 1. The molecule has 1 amide bonds. The summed E-state index contributed by atoms with van der Waals surface area (Å²) < 4.78 is 0. The molecule has 0 radical (unpaired) electrons. The average Bonchev–Trinajstić information content (AvgIpc) is 3.44. The van der Waals surface area contributed by atoms with Crippen LogP contribution in [-0.4, -0.2) is 36.9 Å². The third-order valence-electron chi connectivity index (χ3n) is 5.39. The van der Waals surface area contributed by atoms with Gasteiger partial charge >= 0.3 is 5.97 Å². The summed E-state index contributed by atoms with van der Waals surface area (Å²) in [6.07, 6.45) is 1.71. The number of hydrogen-bond acceptors (Lipinski definition) is 7. The van der Waals surface area contributed by atoms with E-state index in [0.717, 1.165) is 10.4 Å². The lowest BCUT2D eigenvalue weighted by atomic mass is 10.0. The zero-order valence-electron chi connectivity index (χ0n) is 18.0. The van der Waals surface area contributed by atoms with Gasteiger partial charge in [0.05, 0.1) is 15.2 Å². The quantitative estimate of drug-likeness (QED) is 0.232. The molecule has 3 aromatic heterocycles. The van der Waals surface area contributed by atoms with Gasteiger partial charge in [-0.05, 0) is 42.3 Å². The maximum atomic E-state index is 12.8. The van der Waals surface area contributed by atoms with E-state index >= 15 is 0 Å². The van der Waals surface area contributed by atoms with E-state index in [0.29, 0.717) is 16.9 Å². The molecule has 2 atom stereocenters. The summed E-state index contributed by atoms with van der Waals surface area (Å²) in [6, 6.07) is 6.91. The lowest BCUT2D eigenvalue weighted by Crippen LogP contribution is -2.33. The molecule has 0 spiro atoms. The molecule has 1 aromatic carbocycles. The van der Waals surface area contributed by atoms with Crippen LogP contribution in [0.2, 0.25) is 0 Å². The maximum Gasteiger partial charge on any atom is 0.330 e. The number of carbonyl (C=O) groups excluding carboxylic acids is 1. The van der Waals surface area contributed by atoms with E-state index < -0.39 is 22.8 Å². The summed E-state index contributed by atoms with van der Waals surface area (Å²) >= 11 is 1.18. The summed E-state index contributed by atoms with van der Waals surface area (Å²) in [5.41, 5.74) is 0.972. The lowest BCUT2D eigenvalue weighted by Gasteiger charge is -2.14. The number of nitro benzene ring substituents is 1. The summed E-state index contributed by atoms with van der Waals surface area (Å²) in [7, 11) is 0. The van der Waals surface area contributed by atoms with E-state index in [1.807, 2.05) is 6.92 Å². The Kier molecular flexibility index (Phi) is 5.99. The molecule has 4 N–H and O–H groups in total. The number of thiophene rings is 1. The van der Waals surface area contributed by atoms with Crippen LogP contribution in [0.15, 0.2) is 47.4 Å². The summed E-state index contributed by atoms with van der Waals surface area (Å²) in [5.74, 6) is -1.62. The molecule has 174 valence electrons. The number of H-pyrrole nitrogens is 2.